The quantitative estimate of drug-likeness (QED) is 0.715. The zero-order chi connectivity index (χ0) is 10.6. The number of methoxy groups -OCH3 is 2. The van der Waals surface area contributed by atoms with Gasteiger partial charge in [0.1, 0.15) is 11.5 Å². The third kappa shape index (κ3) is 2.02. The maximum Gasteiger partial charge on any atom is 0.130 e. The van der Waals surface area contributed by atoms with E-state index in [1.165, 1.54) is 0 Å². The SMILES string of the molecule is C=C(CCl)c1c(OC)cccc1OC. The summed E-state index contributed by atoms with van der Waals surface area (Å²) in [5, 5.41) is 0. The second kappa shape index (κ2) is 4.91. The maximum atomic E-state index is 5.73. The van der Waals surface area contributed by atoms with Gasteiger partial charge in [-0.15, -0.1) is 11.6 Å². The van der Waals surface area contributed by atoms with Crippen LogP contribution in [0.25, 0.3) is 5.57 Å². The molecular formula is C11H13ClO2. The minimum atomic E-state index is 0.358. The zero-order valence-electron chi connectivity index (χ0n) is 8.34. The molecule has 0 aliphatic rings. The van der Waals surface area contributed by atoms with Crippen molar-refractivity contribution in [2.75, 3.05) is 20.1 Å². The lowest BCUT2D eigenvalue weighted by atomic mass is 10.1. The number of rotatable bonds is 4. The zero-order valence-corrected chi connectivity index (χ0v) is 9.10. The van der Waals surface area contributed by atoms with Crippen LogP contribution in [0.2, 0.25) is 0 Å². The number of alkyl halides is 1. The molecule has 0 aromatic heterocycles. The molecule has 1 aromatic rings. The first-order valence-electron chi connectivity index (χ1n) is 4.19. The molecular weight excluding hydrogens is 200 g/mol. The number of hydrogen-bond acceptors (Lipinski definition) is 2. The Hall–Kier alpha value is -1.15. The normalized spacial score (nSPS) is 9.64. The van der Waals surface area contributed by atoms with E-state index in [1.54, 1.807) is 14.2 Å². The predicted octanol–water partition coefficient (Wildman–Crippen LogP) is 2.96. The number of ether oxygens (including phenoxy) is 2. The molecule has 0 radical (unpaired) electrons. The van der Waals surface area contributed by atoms with E-state index >= 15 is 0 Å². The molecule has 0 saturated carbocycles. The fourth-order valence-electron chi connectivity index (χ4n) is 1.27. The highest BCUT2D eigenvalue weighted by molar-refractivity contribution is 6.23. The van der Waals surface area contributed by atoms with E-state index in [4.69, 9.17) is 21.1 Å². The van der Waals surface area contributed by atoms with E-state index in [0.29, 0.717) is 5.88 Å². The van der Waals surface area contributed by atoms with Gasteiger partial charge >= 0.3 is 0 Å². The summed E-state index contributed by atoms with van der Waals surface area (Å²) in [6.07, 6.45) is 0. The van der Waals surface area contributed by atoms with Crippen LogP contribution in [0, 0.1) is 0 Å². The monoisotopic (exact) mass is 212 g/mol. The van der Waals surface area contributed by atoms with Crippen LogP contribution in [0.4, 0.5) is 0 Å². The molecule has 0 aliphatic heterocycles. The summed E-state index contributed by atoms with van der Waals surface area (Å²) >= 11 is 5.73. The molecule has 0 amide bonds. The second-order valence-electron chi connectivity index (χ2n) is 2.77. The molecule has 0 spiro atoms. The van der Waals surface area contributed by atoms with Crippen molar-refractivity contribution < 1.29 is 9.47 Å². The molecule has 76 valence electrons. The summed E-state index contributed by atoms with van der Waals surface area (Å²) in [4.78, 5) is 0. The molecule has 1 aromatic carbocycles. The molecule has 2 nitrogen and oxygen atoms in total. The summed E-state index contributed by atoms with van der Waals surface area (Å²) in [5.41, 5.74) is 1.63. The Morgan fingerprint density at radius 2 is 1.79 bits per heavy atom. The van der Waals surface area contributed by atoms with E-state index < -0.39 is 0 Å². The van der Waals surface area contributed by atoms with Gasteiger partial charge in [-0.2, -0.15) is 0 Å². The summed E-state index contributed by atoms with van der Waals surface area (Å²) in [6.45, 7) is 3.87. The van der Waals surface area contributed by atoms with Crippen molar-refractivity contribution in [2.24, 2.45) is 0 Å². The summed E-state index contributed by atoms with van der Waals surface area (Å²) in [7, 11) is 3.22. The third-order valence-electron chi connectivity index (χ3n) is 1.94. The van der Waals surface area contributed by atoms with Gasteiger partial charge in [-0.05, 0) is 17.7 Å². The van der Waals surface area contributed by atoms with Crippen molar-refractivity contribution >= 4 is 17.2 Å². The minimum Gasteiger partial charge on any atom is -0.496 e. The highest BCUT2D eigenvalue weighted by Gasteiger charge is 2.11. The minimum absolute atomic E-state index is 0.358. The summed E-state index contributed by atoms with van der Waals surface area (Å²) < 4.78 is 10.4. The van der Waals surface area contributed by atoms with Crippen molar-refractivity contribution in [3.8, 4) is 11.5 Å². The van der Waals surface area contributed by atoms with Crippen molar-refractivity contribution in [1.82, 2.24) is 0 Å². The molecule has 0 atom stereocenters. The Labute approximate surface area is 89.1 Å². The molecule has 14 heavy (non-hydrogen) atoms. The first-order valence-corrected chi connectivity index (χ1v) is 4.73. The van der Waals surface area contributed by atoms with E-state index in [-0.39, 0.29) is 0 Å². The van der Waals surface area contributed by atoms with Crippen LogP contribution < -0.4 is 9.47 Å². The standard InChI is InChI=1S/C11H13ClO2/c1-8(7-12)11-9(13-2)5-4-6-10(11)14-3/h4-6H,1,7H2,2-3H3. The van der Waals surface area contributed by atoms with Crippen LogP contribution in [0.1, 0.15) is 5.56 Å². The Bertz CT molecular complexity index is 312. The highest BCUT2D eigenvalue weighted by Crippen LogP contribution is 2.34. The lowest BCUT2D eigenvalue weighted by Crippen LogP contribution is -1.96. The average molecular weight is 213 g/mol. The summed E-state index contributed by atoms with van der Waals surface area (Å²) in [6, 6.07) is 5.58. The lowest BCUT2D eigenvalue weighted by molar-refractivity contribution is 0.392. The van der Waals surface area contributed by atoms with E-state index in [0.717, 1.165) is 22.6 Å². The molecule has 0 aliphatic carbocycles. The van der Waals surface area contributed by atoms with E-state index in [9.17, 15) is 0 Å². The Balaban J connectivity index is 3.25. The lowest BCUT2D eigenvalue weighted by Gasteiger charge is -2.13. The van der Waals surface area contributed by atoms with Crippen molar-refractivity contribution in [3.63, 3.8) is 0 Å². The highest BCUT2D eigenvalue weighted by atomic mass is 35.5. The number of hydrogen-bond donors (Lipinski definition) is 0. The number of allylic oxidation sites excluding steroid dienone is 1. The second-order valence-corrected chi connectivity index (χ2v) is 3.04. The fraction of sp³-hybridized carbons (Fsp3) is 0.273. The van der Waals surface area contributed by atoms with Gasteiger partial charge in [0, 0.05) is 5.88 Å². The third-order valence-corrected chi connectivity index (χ3v) is 2.27. The first-order chi connectivity index (χ1) is 6.74. The van der Waals surface area contributed by atoms with Crippen LogP contribution in [0.5, 0.6) is 11.5 Å². The number of benzene rings is 1. The summed E-state index contributed by atoms with van der Waals surface area (Å²) in [5.74, 6) is 1.82. The first kappa shape index (κ1) is 10.9. The molecule has 0 fully saturated rings. The average Bonchev–Trinajstić information content (AvgIpc) is 2.26. The van der Waals surface area contributed by atoms with Gasteiger partial charge in [0.15, 0.2) is 0 Å². The molecule has 0 N–H and O–H groups in total. The topological polar surface area (TPSA) is 18.5 Å². The molecule has 0 unspecified atom stereocenters. The molecule has 0 heterocycles. The largest absolute Gasteiger partial charge is 0.496 e. The van der Waals surface area contributed by atoms with Gasteiger partial charge in [0.05, 0.1) is 19.8 Å². The predicted molar refractivity (Wildman–Crippen MR) is 59.3 cm³/mol. The van der Waals surface area contributed by atoms with Crippen molar-refractivity contribution in [2.45, 2.75) is 0 Å². The van der Waals surface area contributed by atoms with Crippen molar-refractivity contribution in [1.29, 1.82) is 0 Å². The molecule has 3 heteroatoms. The molecule has 0 bridgehead atoms. The molecule has 1 rings (SSSR count). The van der Waals surface area contributed by atoms with Crippen LogP contribution in [-0.4, -0.2) is 20.1 Å². The van der Waals surface area contributed by atoms with Crippen LogP contribution >= 0.6 is 11.6 Å². The fourth-order valence-corrected chi connectivity index (χ4v) is 1.40. The van der Waals surface area contributed by atoms with Gasteiger partial charge < -0.3 is 9.47 Å². The number of halogens is 1. The maximum absolute atomic E-state index is 5.73. The van der Waals surface area contributed by atoms with Gasteiger partial charge in [-0.1, -0.05) is 12.6 Å². The van der Waals surface area contributed by atoms with Crippen molar-refractivity contribution in [3.05, 3.63) is 30.3 Å². The van der Waals surface area contributed by atoms with Gasteiger partial charge in [-0.25, -0.2) is 0 Å². The van der Waals surface area contributed by atoms with E-state index in [1.807, 2.05) is 18.2 Å². The Kier molecular flexibility index (Phi) is 3.84. The van der Waals surface area contributed by atoms with Gasteiger partial charge in [-0.3, -0.25) is 0 Å². The molecule has 0 saturated heterocycles. The van der Waals surface area contributed by atoms with Gasteiger partial charge in [0.2, 0.25) is 0 Å². The Morgan fingerprint density at radius 1 is 1.29 bits per heavy atom. The van der Waals surface area contributed by atoms with Gasteiger partial charge in [0.25, 0.3) is 0 Å². The smallest absolute Gasteiger partial charge is 0.130 e. The Morgan fingerprint density at radius 3 is 2.14 bits per heavy atom. The van der Waals surface area contributed by atoms with E-state index in [2.05, 4.69) is 6.58 Å². The van der Waals surface area contributed by atoms with Crippen LogP contribution in [0.15, 0.2) is 24.8 Å². The van der Waals surface area contributed by atoms with Crippen LogP contribution in [0.3, 0.4) is 0 Å². The van der Waals surface area contributed by atoms with Crippen LogP contribution in [-0.2, 0) is 0 Å².